The van der Waals surface area contributed by atoms with E-state index in [1.807, 2.05) is 6.92 Å². The van der Waals surface area contributed by atoms with Gasteiger partial charge in [0.25, 0.3) is 0 Å². The Morgan fingerprint density at radius 1 is 1.35 bits per heavy atom. The van der Waals surface area contributed by atoms with Crippen LogP contribution in [0.3, 0.4) is 0 Å². The van der Waals surface area contributed by atoms with E-state index < -0.39 is 0 Å². The molecule has 0 bridgehead atoms. The summed E-state index contributed by atoms with van der Waals surface area (Å²) < 4.78 is 1.66. The molecular formula is C13H14Cl2N4O. The third-order valence-corrected chi connectivity index (χ3v) is 3.17. The van der Waals surface area contributed by atoms with Crippen molar-refractivity contribution in [3.63, 3.8) is 0 Å². The normalized spacial score (nSPS) is 10.6. The molecule has 0 unspecified atom stereocenters. The Bertz CT molecular complexity index is 639. The van der Waals surface area contributed by atoms with Gasteiger partial charge in [-0.05, 0) is 32.2 Å². The first-order valence-electron chi connectivity index (χ1n) is 5.98. The Labute approximate surface area is 126 Å². The van der Waals surface area contributed by atoms with Gasteiger partial charge in [-0.25, -0.2) is 4.68 Å². The minimum absolute atomic E-state index is 0.153. The van der Waals surface area contributed by atoms with E-state index in [4.69, 9.17) is 23.2 Å². The third kappa shape index (κ3) is 3.30. The molecule has 2 N–H and O–H groups in total. The van der Waals surface area contributed by atoms with Gasteiger partial charge in [-0.1, -0.05) is 23.2 Å². The van der Waals surface area contributed by atoms with Crippen LogP contribution in [0.15, 0.2) is 24.3 Å². The summed E-state index contributed by atoms with van der Waals surface area (Å²) in [6.07, 6.45) is 0. The summed E-state index contributed by atoms with van der Waals surface area (Å²) >= 11 is 12.0. The highest BCUT2D eigenvalue weighted by atomic mass is 35.5. The minimum atomic E-state index is -0.153. The van der Waals surface area contributed by atoms with Crippen molar-refractivity contribution in [1.29, 1.82) is 0 Å². The zero-order valence-corrected chi connectivity index (χ0v) is 12.6. The van der Waals surface area contributed by atoms with Crippen molar-refractivity contribution < 1.29 is 4.79 Å². The Morgan fingerprint density at radius 2 is 2.10 bits per heavy atom. The van der Waals surface area contributed by atoms with Gasteiger partial charge >= 0.3 is 0 Å². The van der Waals surface area contributed by atoms with Gasteiger partial charge in [0.15, 0.2) is 5.82 Å². The maximum Gasteiger partial charge on any atom is 0.239 e. The Balaban J connectivity index is 2.29. The molecule has 2 aromatic rings. The number of anilines is 1. The van der Waals surface area contributed by atoms with Crippen molar-refractivity contribution in [2.24, 2.45) is 0 Å². The van der Waals surface area contributed by atoms with Gasteiger partial charge in [0.05, 0.1) is 17.3 Å². The molecule has 0 aliphatic heterocycles. The number of aromatic nitrogens is 2. The van der Waals surface area contributed by atoms with Crippen molar-refractivity contribution in [3.05, 3.63) is 40.0 Å². The van der Waals surface area contributed by atoms with E-state index in [1.165, 1.54) is 0 Å². The number of likely N-dealkylation sites (N-methyl/N-ethyl adjacent to an activating group) is 1. The number of hydrogen-bond acceptors (Lipinski definition) is 3. The first kappa shape index (κ1) is 14.8. The zero-order valence-electron chi connectivity index (χ0n) is 11.1. The fraction of sp³-hybridized carbons (Fsp3) is 0.231. The predicted molar refractivity (Wildman–Crippen MR) is 80.9 cm³/mol. The lowest BCUT2D eigenvalue weighted by Crippen LogP contribution is -2.25. The highest BCUT2D eigenvalue weighted by Gasteiger charge is 2.11. The number of nitrogens with zero attached hydrogens (tertiary/aromatic N) is 2. The summed E-state index contributed by atoms with van der Waals surface area (Å²) in [5.41, 5.74) is 1.57. The van der Waals surface area contributed by atoms with Crippen molar-refractivity contribution in [1.82, 2.24) is 15.1 Å². The molecule has 1 heterocycles. The maximum absolute atomic E-state index is 11.5. The summed E-state index contributed by atoms with van der Waals surface area (Å²) in [4.78, 5) is 11.5. The number of benzene rings is 1. The van der Waals surface area contributed by atoms with Crippen LogP contribution in [0.1, 0.15) is 5.69 Å². The lowest BCUT2D eigenvalue weighted by molar-refractivity contribution is -0.115. The molecule has 7 heteroatoms. The topological polar surface area (TPSA) is 59.0 Å². The maximum atomic E-state index is 11.5. The number of hydrogen-bond donors (Lipinski definition) is 2. The summed E-state index contributed by atoms with van der Waals surface area (Å²) in [5.74, 6) is 0.327. The monoisotopic (exact) mass is 312 g/mol. The molecule has 0 fully saturated rings. The van der Waals surface area contributed by atoms with Crippen LogP contribution >= 0.6 is 23.2 Å². The first-order valence-corrected chi connectivity index (χ1v) is 6.73. The number of nitrogens with one attached hydrogen (secondary N) is 2. The molecular weight excluding hydrogens is 299 g/mol. The highest BCUT2D eigenvalue weighted by molar-refractivity contribution is 6.35. The Hall–Kier alpha value is -1.56. The molecule has 0 aliphatic carbocycles. The average molecular weight is 313 g/mol. The second-order valence-electron chi connectivity index (χ2n) is 4.26. The van der Waals surface area contributed by atoms with Crippen molar-refractivity contribution in [2.45, 2.75) is 6.92 Å². The van der Waals surface area contributed by atoms with Crippen LogP contribution in [0, 0.1) is 6.92 Å². The van der Waals surface area contributed by atoms with Crippen LogP contribution < -0.4 is 10.6 Å². The van der Waals surface area contributed by atoms with E-state index >= 15 is 0 Å². The van der Waals surface area contributed by atoms with Crippen LogP contribution in [0.2, 0.25) is 10.0 Å². The molecule has 0 atom stereocenters. The van der Waals surface area contributed by atoms with Gasteiger partial charge in [0.2, 0.25) is 5.91 Å². The quantitative estimate of drug-likeness (QED) is 0.912. The SMILES string of the molecule is CNCC(=O)Nc1cc(C)n(-c2ccc(Cl)cc2Cl)n1. The minimum Gasteiger partial charge on any atom is -0.311 e. The number of halogens is 2. The van der Waals surface area contributed by atoms with E-state index in [9.17, 15) is 4.79 Å². The first-order chi connectivity index (χ1) is 9.51. The van der Waals surface area contributed by atoms with Crippen molar-refractivity contribution in [3.8, 4) is 5.69 Å². The molecule has 5 nitrogen and oxygen atoms in total. The van der Waals surface area contributed by atoms with Crippen LogP contribution in [0.25, 0.3) is 5.69 Å². The molecule has 2 rings (SSSR count). The molecule has 0 spiro atoms. The van der Waals surface area contributed by atoms with Gasteiger partial charge in [0, 0.05) is 16.8 Å². The van der Waals surface area contributed by atoms with Gasteiger partial charge in [-0.2, -0.15) is 0 Å². The fourth-order valence-corrected chi connectivity index (χ4v) is 2.27. The van der Waals surface area contributed by atoms with E-state index in [0.29, 0.717) is 21.6 Å². The van der Waals surface area contributed by atoms with Crippen LogP contribution in [-0.4, -0.2) is 29.3 Å². The molecule has 106 valence electrons. The number of aryl methyl sites for hydroxylation is 1. The largest absolute Gasteiger partial charge is 0.311 e. The molecule has 1 amide bonds. The van der Waals surface area contributed by atoms with Crippen LogP contribution in [-0.2, 0) is 4.79 Å². The van der Waals surface area contributed by atoms with Gasteiger partial charge in [0.1, 0.15) is 0 Å². The molecule has 1 aromatic carbocycles. The van der Waals surface area contributed by atoms with Crippen LogP contribution in [0.5, 0.6) is 0 Å². The zero-order chi connectivity index (χ0) is 14.7. The Kier molecular flexibility index (Phi) is 4.65. The molecule has 0 saturated heterocycles. The average Bonchev–Trinajstić information content (AvgIpc) is 2.70. The predicted octanol–water partition coefficient (Wildman–Crippen LogP) is 2.65. The van der Waals surface area contributed by atoms with E-state index in [2.05, 4.69) is 15.7 Å². The van der Waals surface area contributed by atoms with E-state index in [1.54, 1.807) is 36.0 Å². The number of carbonyl (C=O) groups is 1. The summed E-state index contributed by atoms with van der Waals surface area (Å²) in [7, 11) is 1.71. The third-order valence-electron chi connectivity index (χ3n) is 2.63. The number of amides is 1. The second-order valence-corrected chi connectivity index (χ2v) is 5.10. The standard InChI is InChI=1S/C13H14Cl2N4O/c1-8-5-12(17-13(20)7-16-2)18-19(8)11-4-3-9(14)6-10(11)15/h3-6,16H,7H2,1-2H3,(H,17,18,20). The molecule has 0 aliphatic rings. The molecule has 20 heavy (non-hydrogen) atoms. The lowest BCUT2D eigenvalue weighted by atomic mass is 10.3. The van der Waals surface area contributed by atoms with Gasteiger partial charge < -0.3 is 10.6 Å². The number of carbonyl (C=O) groups excluding carboxylic acids is 1. The molecule has 1 aromatic heterocycles. The summed E-state index contributed by atoms with van der Waals surface area (Å²) in [5, 5.41) is 10.9. The fourth-order valence-electron chi connectivity index (χ4n) is 1.78. The van der Waals surface area contributed by atoms with Crippen LogP contribution in [0.4, 0.5) is 5.82 Å². The lowest BCUT2D eigenvalue weighted by Gasteiger charge is -2.06. The second kappa shape index (κ2) is 6.26. The highest BCUT2D eigenvalue weighted by Crippen LogP contribution is 2.25. The number of rotatable bonds is 4. The van der Waals surface area contributed by atoms with Gasteiger partial charge in [-0.15, -0.1) is 5.10 Å². The smallest absolute Gasteiger partial charge is 0.239 e. The molecule has 0 saturated carbocycles. The van der Waals surface area contributed by atoms with Crippen molar-refractivity contribution >= 4 is 34.9 Å². The van der Waals surface area contributed by atoms with Crippen molar-refractivity contribution in [2.75, 3.05) is 18.9 Å². The Morgan fingerprint density at radius 3 is 2.75 bits per heavy atom. The summed E-state index contributed by atoms with van der Waals surface area (Å²) in [6, 6.07) is 6.95. The summed E-state index contributed by atoms with van der Waals surface area (Å²) in [6.45, 7) is 2.11. The molecule has 0 radical (unpaired) electrons. The van der Waals surface area contributed by atoms with E-state index in [0.717, 1.165) is 5.69 Å². The van der Waals surface area contributed by atoms with Gasteiger partial charge in [-0.3, -0.25) is 4.79 Å². The van der Waals surface area contributed by atoms with E-state index in [-0.39, 0.29) is 12.5 Å².